The van der Waals surface area contributed by atoms with Crippen molar-refractivity contribution in [2.45, 2.75) is 6.54 Å². The van der Waals surface area contributed by atoms with Crippen LogP contribution in [0.25, 0.3) is 11.5 Å². The van der Waals surface area contributed by atoms with E-state index in [2.05, 4.69) is 20.8 Å². The van der Waals surface area contributed by atoms with Gasteiger partial charge in [0.2, 0.25) is 12.3 Å². The Morgan fingerprint density at radius 1 is 1.20 bits per heavy atom. The van der Waals surface area contributed by atoms with Crippen molar-refractivity contribution in [3.8, 4) is 17.2 Å². The van der Waals surface area contributed by atoms with Gasteiger partial charge in [0.25, 0.3) is 5.91 Å². The standard InChI is InChI=1S/C18H18N4O3/c1-19-17(23)11-24-16-8-3-2-5-14(16)10-20-15-7-4-6-13(9-15)18-22-21-12-25-18/h2-9,12,20H,10-11H2,1H3,(H,19,23). The molecule has 7 heteroatoms. The zero-order chi connectivity index (χ0) is 17.5. The van der Waals surface area contributed by atoms with E-state index >= 15 is 0 Å². The van der Waals surface area contributed by atoms with Crippen LogP contribution in [0.3, 0.4) is 0 Å². The van der Waals surface area contributed by atoms with Gasteiger partial charge < -0.3 is 19.8 Å². The zero-order valence-electron chi connectivity index (χ0n) is 13.7. The maximum absolute atomic E-state index is 11.4. The Kier molecular flexibility index (Phi) is 5.26. The molecule has 0 radical (unpaired) electrons. The van der Waals surface area contributed by atoms with E-state index < -0.39 is 0 Å². The van der Waals surface area contributed by atoms with Gasteiger partial charge in [-0.15, -0.1) is 10.2 Å². The van der Waals surface area contributed by atoms with E-state index in [1.165, 1.54) is 6.39 Å². The second-order valence-corrected chi connectivity index (χ2v) is 5.25. The van der Waals surface area contributed by atoms with E-state index in [4.69, 9.17) is 9.15 Å². The van der Waals surface area contributed by atoms with Gasteiger partial charge in [-0.25, -0.2) is 0 Å². The first-order valence-corrected chi connectivity index (χ1v) is 7.78. The zero-order valence-corrected chi connectivity index (χ0v) is 13.7. The molecule has 0 spiro atoms. The van der Waals surface area contributed by atoms with Gasteiger partial charge >= 0.3 is 0 Å². The number of para-hydroxylation sites is 1. The number of hydrogen-bond donors (Lipinski definition) is 2. The third-order valence-electron chi connectivity index (χ3n) is 3.56. The van der Waals surface area contributed by atoms with Crippen LogP contribution in [0.2, 0.25) is 0 Å². The number of carbonyl (C=O) groups excluding carboxylic acids is 1. The number of amides is 1. The van der Waals surface area contributed by atoms with E-state index in [9.17, 15) is 4.79 Å². The molecule has 2 N–H and O–H groups in total. The average Bonchev–Trinajstić information content (AvgIpc) is 3.20. The fourth-order valence-corrected chi connectivity index (χ4v) is 2.26. The summed E-state index contributed by atoms with van der Waals surface area (Å²) in [6, 6.07) is 15.3. The highest BCUT2D eigenvalue weighted by Crippen LogP contribution is 2.23. The molecular formula is C18H18N4O3. The summed E-state index contributed by atoms with van der Waals surface area (Å²) in [5.41, 5.74) is 2.71. The number of carbonyl (C=O) groups is 1. The fourth-order valence-electron chi connectivity index (χ4n) is 2.26. The van der Waals surface area contributed by atoms with Crippen LogP contribution in [0.5, 0.6) is 5.75 Å². The van der Waals surface area contributed by atoms with E-state index in [1.807, 2.05) is 48.5 Å². The largest absolute Gasteiger partial charge is 0.483 e. The van der Waals surface area contributed by atoms with Crippen LogP contribution in [0.4, 0.5) is 5.69 Å². The molecule has 0 atom stereocenters. The molecule has 25 heavy (non-hydrogen) atoms. The van der Waals surface area contributed by atoms with Crippen molar-refractivity contribution in [1.29, 1.82) is 0 Å². The summed E-state index contributed by atoms with van der Waals surface area (Å²) < 4.78 is 10.8. The van der Waals surface area contributed by atoms with Crippen molar-refractivity contribution in [3.63, 3.8) is 0 Å². The molecule has 0 saturated heterocycles. The molecule has 0 aliphatic heterocycles. The summed E-state index contributed by atoms with van der Waals surface area (Å²) in [5, 5.41) is 13.5. The van der Waals surface area contributed by atoms with Gasteiger partial charge in [0.05, 0.1) is 0 Å². The highest BCUT2D eigenvalue weighted by atomic mass is 16.5. The lowest BCUT2D eigenvalue weighted by Gasteiger charge is -2.12. The minimum absolute atomic E-state index is 0.0137. The predicted octanol–water partition coefficient (Wildman–Crippen LogP) is 2.47. The van der Waals surface area contributed by atoms with Crippen molar-refractivity contribution < 1.29 is 13.9 Å². The molecule has 128 valence electrons. The van der Waals surface area contributed by atoms with Gasteiger partial charge in [-0.1, -0.05) is 24.3 Å². The lowest BCUT2D eigenvalue weighted by Crippen LogP contribution is -2.25. The summed E-state index contributed by atoms with van der Waals surface area (Å²) >= 11 is 0. The van der Waals surface area contributed by atoms with Crippen LogP contribution in [-0.4, -0.2) is 29.8 Å². The SMILES string of the molecule is CNC(=O)COc1ccccc1CNc1cccc(-c2nnco2)c1. The molecule has 0 unspecified atom stereocenters. The summed E-state index contributed by atoms with van der Waals surface area (Å²) in [7, 11) is 1.58. The molecule has 3 aromatic rings. The van der Waals surface area contributed by atoms with Crippen molar-refractivity contribution in [2.75, 3.05) is 19.0 Å². The molecule has 7 nitrogen and oxygen atoms in total. The number of anilines is 1. The second kappa shape index (κ2) is 7.96. The number of ether oxygens (including phenoxy) is 1. The topological polar surface area (TPSA) is 89.3 Å². The molecule has 1 heterocycles. The lowest BCUT2D eigenvalue weighted by molar-refractivity contribution is -0.122. The summed E-state index contributed by atoms with van der Waals surface area (Å²) in [5.74, 6) is 0.972. The van der Waals surface area contributed by atoms with Gasteiger partial charge in [-0.05, 0) is 24.3 Å². The Morgan fingerprint density at radius 3 is 2.88 bits per heavy atom. The van der Waals surface area contributed by atoms with Crippen LogP contribution >= 0.6 is 0 Å². The van der Waals surface area contributed by atoms with Crippen molar-refractivity contribution in [2.24, 2.45) is 0 Å². The summed E-state index contributed by atoms with van der Waals surface area (Å²) in [4.78, 5) is 11.4. The van der Waals surface area contributed by atoms with E-state index in [0.717, 1.165) is 16.8 Å². The fraction of sp³-hybridized carbons (Fsp3) is 0.167. The summed E-state index contributed by atoms with van der Waals surface area (Å²) in [6.45, 7) is 0.539. The molecule has 1 amide bonds. The first-order chi connectivity index (χ1) is 12.3. The first-order valence-electron chi connectivity index (χ1n) is 7.78. The van der Waals surface area contributed by atoms with Gasteiger partial charge in [0.15, 0.2) is 6.61 Å². The van der Waals surface area contributed by atoms with E-state index in [0.29, 0.717) is 18.2 Å². The number of hydrogen-bond acceptors (Lipinski definition) is 6. The van der Waals surface area contributed by atoms with Crippen molar-refractivity contribution in [1.82, 2.24) is 15.5 Å². The first kappa shape index (κ1) is 16.5. The Hall–Kier alpha value is -3.35. The number of nitrogens with one attached hydrogen (secondary N) is 2. The maximum Gasteiger partial charge on any atom is 0.257 e. The van der Waals surface area contributed by atoms with E-state index in [1.54, 1.807) is 7.05 Å². The molecule has 1 aromatic heterocycles. The highest BCUT2D eigenvalue weighted by molar-refractivity contribution is 5.77. The number of rotatable bonds is 7. The molecule has 0 bridgehead atoms. The molecule has 2 aromatic carbocycles. The number of aromatic nitrogens is 2. The Morgan fingerprint density at radius 2 is 2.08 bits per heavy atom. The Labute approximate surface area is 145 Å². The Bertz CT molecular complexity index is 834. The molecular weight excluding hydrogens is 320 g/mol. The van der Waals surface area contributed by atoms with Crippen molar-refractivity contribution >= 4 is 11.6 Å². The van der Waals surface area contributed by atoms with Crippen LogP contribution in [0, 0.1) is 0 Å². The third-order valence-corrected chi connectivity index (χ3v) is 3.56. The maximum atomic E-state index is 11.4. The predicted molar refractivity (Wildman–Crippen MR) is 93.1 cm³/mol. The van der Waals surface area contributed by atoms with Crippen LogP contribution in [-0.2, 0) is 11.3 Å². The van der Waals surface area contributed by atoms with Crippen LogP contribution in [0.15, 0.2) is 59.3 Å². The average molecular weight is 338 g/mol. The summed E-state index contributed by atoms with van der Waals surface area (Å²) in [6.07, 6.45) is 1.30. The van der Waals surface area contributed by atoms with Gasteiger partial charge in [0.1, 0.15) is 5.75 Å². The van der Waals surface area contributed by atoms with E-state index in [-0.39, 0.29) is 12.5 Å². The Balaban J connectivity index is 1.68. The van der Waals surface area contributed by atoms with Crippen LogP contribution < -0.4 is 15.4 Å². The highest BCUT2D eigenvalue weighted by Gasteiger charge is 2.07. The van der Waals surface area contributed by atoms with Gasteiger partial charge in [-0.2, -0.15) is 0 Å². The molecule has 0 aliphatic carbocycles. The second-order valence-electron chi connectivity index (χ2n) is 5.25. The molecule has 3 rings (SSSR count). The minimum Gasteiger partial charge on any atom is -0.483 e. The lowest BCUT2D eigenvalue weighted by atomic mass is 10.1. The monoisotopic (exact) mass is 338 g/mol. The smallest absolute Gasteiger partial charge is 0.257 e. The third kappa shape index (κ3) is 4.35. The number of benzene rings is 2. The normalized spacial score (nSPS) is 10.3. The van der Waals surface area contributed by atoms with Crippen LogP contribution in [0.1, 0.15) is 5.56 Å². The quantitative estimate of drug-likeness (QED) is 0.688. The number of nitrogens with zero attached hydrogens (tertiary/aromatic N) is 2. The molecule has 0 fully saturated rings. The van der Waals surface area contributed by atoms with Crippen molar-refractivity contribution in [3.05, 3.63) is 60.5 Å². The van der Waals surface area contributed by atoms with Gasteiger partial charge in [0, 0.05) is 30.4 Å². The number of likely N-dealkylation sites (N-methyl/N-ethyl adjacent to an activating group) is 1. The minimum atomic E-state index is -0.171. The molecule has 0 aliphatic rings. The molecule has 0 saturated carbocycles. The van der Waals surface area contributed by atoms with Gasteiger partial charge in [-0.3, -0.25) is 4.79 Å².